The molecule has 3 heterocycles. The van der Waals surface area contributed by atoms with Gasteiger partial charge in [-0.15, -0.1) is 11.3 Å². The van der Waals surface area contributed by atoms with Gasteiger partial charge in [-0.1, -0.05) is 24.6 Å². The number of rotatable bonds is 3. The van der Waals surface area contributed by atoms with Crippen molar-refractivity contribution in [2.75, 3.05) is 0 Å². The number of fused-ring (bicyclic) bond motifs is 2. The first-order valence-corrected chi connectivity index (χ1v) is 10.2. The predicted molar refractivity (Wildman–Crippen MR) is 110 cm³/mol. The molecule has 2 N–H and O–H groups in total. The van der Waals surface area contributed by atoms with Crippen LogP contribution in [0, 0.1) is 5.92 Å². The summed E-state index contributed by atoms with van der Waals surface area (Å²) in [4.78, 5) is 30.5. The molecule has 0 fully saturated rings. The lowest BCUT2D eigenvalue weighted by atomic mass is 9.90. The van der Waals surface area contributed by atoms with Crippen molar-refractivity contribution in [3.8, 4) is 0 Å². The van der Waals surface area contributed by atoms with Crippen LogP contribution in [0.5, 0.6) is 0 Å². The van der Waals surface area contributed by atoms with Gasteiger partial charge in [0.25, 0.3) is 11.8 Å². The Labute approximate surface area is 171 Å². The number of pyridine rings is 1. The molecular weight excluding hydrogens is 396 g/mol. The summed E-state index contributed by atoms with van der Waals surface area (Å²) in [5, 5.41) is 0.303. The van der Waals surface area contributed by atoms with Crippen LogP contribution < -0.4 is 10.9 Å². The van der Waals surface area contributed by atoms with Gasteiger partial charge in [-0.25, -0.2) is 4.98 Å². The van der Waals surface area contributed by atoms with E-state index in [1.165, 1.54) is 27.9 Å². The minimum absolute atomic E-state index is 0.303. The van der Waals surface area contributed by atoms with Crippen molar-refractivity contribution < 1.29 is 9.59 Å². The second kappa shape index (κ2) is 7.77. The van der Waals surface area contributed by atoms with Crippen molar-refractivity contribution in [2.24, 2.45) is 5.92 Å². The molecule has 0 saturated heterocycles. The summed E-state index contributed by atoms with van der Waals surface area (Å²) in [6.45, 7) is 2.23. The minimum Gasteiger partial charge on any atom is -0.299 e. The Morgan fingerprint density at radius 1 is 1.36 bits per heavy atom. The molecule has 6 nitrogen and oxygen atoms in total. The average molecular weight is 415 g/mol. The van der Waals surface area contributed by atoms with E-state index in [4.69, 9.17) is 11.6 Å². The van der Waals surface area contributed by atoms with E-state index in [0.717, 1.165) is 19.3 Å². The summed E-state index contributed by atoms with van der Waals surface area (Å²) in [7, 11) is 0. The van der Waals surface area contributed by atoms with E-state index < -0.39 is 5.91 Å². The van der Waals surface area contributed by atoms with Crippen molar-refractivity contribution in [3.05, 3.63) is 62.7 Å². The van der Waals surface area contributed by atoms with Crippen LogP contribution in [0.2, 0.25) is 5.15 Å². The van der Waals surface area contributed by atoms with Crippen molar-refractivity contribution in [3.63, 3.8) is 0 Å². The van der Waals surface area contributed by atoms with Gasteiger partial charge in [-0.05, 0) is 55.0 Å². The number of nitrogens with zero attached hydrogens (tertiary/aromatic N) is 2. The zero-order chi connectivity index (χ0) is 19.7. The largest absolute Gasteiger partial charge is 0.299 e. The molecule has 0 bridgehead atoms. The van der Waals surface area contributed by atoms with Crippen molar-refractivity contribution in [1.82, 2.24) is 20.2 Å². The molecule has 1 aliphatic carbocycles. The van der Waals surface area contributed by atoms with E-state index in [1.54, 1.807) is 10.5 Å². The molecule has 0 unspecified atom stereocenters. The first kappa shape index (κ1) is 18.7. The van der Waals surface area contributed by atoms with Gasteiger partial charge in [0.1, 0.15) is 5.65 Å². The summed E-state index contributed by atoms with van der Waals surface area (Å²) < 4.78 is 1.78. The number of aryl methyl sites for hydroxylation is 1. The standard InChI is InChI=1S/C20H19ClN4O2S/c1-12-5-7-15-13(10-12)11-16(28-15)20(27)24-23-18(26)8-6-14-19(21)22-17-4-2-3-9-25(14)17/h2-4,6,8-9,11-12H,5,7,10H2,1H3,(H,23,26)(H,24,27)/b8-6+/t12-/m1/s1. The number of hydrogen-bond donors (Lipinski definition) is 2. The number of hydrogen-bond acceptors (Lipinski definition) is 4. The third-order valence-corrected chi connectivity index (χ3v) is 6.28. The molecule has 0 spiro atoms. The number of aromatic nitrogens is 2. The zero-order valence-electron chi connectivity index (χ0n) is 15.2. The van der Waals surface area contributed by atoms with Gasteiger partial charge in [-0.2, -0.15) is 0 Å². The summed E-state index contributed by atoms with van der Waals surface area (Å²) in [5.74, 6) is -0.110. The molecular formula is C20H19ClN4O2S. The van der Waals surface area contributed by atoms with Crippen LogP contribution in [0.4, 0.5) is 0 Å². The van der Waals surface area contributed by atoms with Gasteiger partial charge in [-0.3, -0.25) is 24.8 Å². The lowest BCUT2D eigenvalue weighted by Crippen LogP contribution is -2.40. The Morgan fingerprint density at radius 2 is 2.21 bits per heavy atom. The number of carbonyl (C=O) groups excluding carboxylic acids is 2. The van der Waals surface area contributed by atoms with E-state index in [1.807, 2.05) is 30.5 Å². The lowest BCUT2D eigenvalue weighted by molar-refractivity contribution is -0.117. The van der Waals surface area contributed by atoms with Gasteiger partial charge in [0.2, 0.25) is 0 Å². The third-order valence-electron chi connectivity index (χ3n) is 4.77. The number of halogens is 1. The highest BCUT2D eigenvalue weighted by Crippen LogP contribution is 2.32. The van der Waals surface area contributed by atoms with E-state index in [-0.39, 0.29) is 5.91 Å². The Bertz CT molecular complexity index is 1090. The van der Waals surface area contributed by atoms with Gasteiger partial charge in [0.15, 0.2) is 5.15 Å². The summed E-state index contributed by atoms with van der Waals surface area (Å²) in [6, 6.07) is 7.47. The van der Waals surface area contributed by atoms with Crippen LogP contribution in [0.15, 0.2) is 36.5 Å². The summed E-state index contributed by atoms with van der Waals surface area (Å²) in [5.41, 5.74) is 7.41. The van der Waals surface area contributed by atoms with E-state index in [9.17, 15) is 9.59 Å². The molecule has 8 heteroatoms. The highest BCUT2D eigenvalue weighted by atomic mass is 35.5. The second-order valence-corrected chi connectivity index (χ2v) is 8.40. The highest BCUT2D eigenvalue weighted by Gasteiger charge is 2.20. The van der Waals surface area contributed by atoms with Crippen LogP contribution in [-0.4, -0.2) is 21.2 Å². The van der Waals surface area contributed by atoms with Gasteiger partial charge in [0.05, 0.1) is 10.6 Å². The van der Waals surface area contributed by atoms with Crippen molar-refractivity contribution >= 4 is 46.5 Å². The summed E-state index contributed by atoms with van der Waals surface area (Å²) >= 11 is 7.64. The maximum Gasteiger partial charge on any atom is 0.279 e. The van der Waals surface area contributed by atoms with E-state index in [2.05, 4.69) is 22.8 Å². The van der Waals surface area contributed by atoms with Gasteiger partial charge in [0, 0.05) is 17.2 Å². The molecule has 144 valence electrons. The Morgan fingerprint density at radius 3 is 3.07 bits per heavy atom. The normalized spacial score (nSPS) is 16.3. The van der Waals surface area contributed by atoms with Crippen LogP contribution >= 0.6 is 22.9 Å². The van der Waals surface area contributed by atoms with Crippen molar-refractivity contribution in [1.29, 1.82) is 0 Å². The number of nitrogens with one attached hydrogen (secondary N) is 2. The predicted octanol–water partition coefficient (Wildman–Crippen LogP) is 3.65. The van der Waals surface area contributed by atoms with Gasteiger partial charge < -0.3 is 0 Å². The van der Waals surface area contributed by atoms with Crippen LogP contribution in [0.1, 0.15) is 39.2 Å². The zero-order valence-corrected chi connectivity index (χ0v) is 16.8. The van der Waals surface area contributed by atoms with Crippen LogP contribution in [0.25, 0.3) is 11.7 Å². The second-order valence-electron chi connectivity index (χ2n) is 6.90. The average Bonchev–Trinajstić information content (AvgIpc) is 3.24. The maximum atomic E-state index is 12.3. The molecule has 0 saturated carbocycles. The fourth-order valence-corrected chi connectivity index (χ4v) is 4.67. The molecule has 3 aromatic heterocycles. The Kier molecular flexibility index (Phi) is 5.19. The lowest BCUT2D eigenvalue weighted by Gasteiger charge is -2.16. The van der Waals surface area contributed by atoms with Crippen LogP contribution in [-0.2, 0) is 17.6 Å². The first-order valence-electron chi connectivity index (χ1n) is 9.04. The highest BCUT2D eigenvalue weighted by molar-refractivity contribution is 7.14. The molecule has 1 atom stereocenters. The molecule has 0 aliphatic heterocycles. The molecule has 0 aromatic carbocycles. The molecule has 4 rings (SSSR count). The molecule has 28 heavy (non-hydrogen) atoms. The number of amides is 2. The monoisotopic (exact) mass is 414 g/mol. The third kappa shape index (κ3) is 3.81. The summed E-state index contributed by atoms with van der Waals surface area (Å²) in [6.07, 6.45) is 7.87. The van der Waals surface area contributed by atoms with Crippen molar-refractivity contribution in [2.45, 2.75) is 26.2 Å². The van der Waals surface area contributed by atoms with Crippen LogP contribution in [0.3, 0.4) is 0 Å². The molecule has 0 radical (unpaired) electrons. The van der Waals surface area contributed by atoms with E-state index >= 15 is 0 Å². The van der Waals surface area contributed by atoms with Gasteiger partial charge >= 0.3 is 0 Å². The molecule has 1 aliphatic rings. The quantitative estimate of drug-likeness (QED) is 0.507. The first-order chi connectivity index (χ1) is 13.5. The minimum atomic E-state index is -0.453. The fraction of sp³-hybridized carbons (Fsp3) is 0.250. The SMILES string of the molecule is C[C@@H]1CCc2sc(C(=O)NNC(=O)/C=C/c3c(Cl)nc4ccccn34)cc2C1. The number of thiophene rings is 1. The molecule has 2 amide bonds. The Balaban J connectivity index is 1.38. The number of carbonyl (C=O) groups is 2. The van der Waals surface area contributed by atoms with E-state index in [0.29, 0.717) is 27.3 Å². The number of hydrazine groups is 1. The topological polar surface area (TPSA) is 75.5 Å². The fourth-order valence-electron chi connectivity index (χ4n) is 3.33. The maximum absolute atomic E-state index is 12.3. The number of imidazole rings is 1. The smallest absolute Gasteiger partial charge is 0.279 e. The Hall–Kier alpha value is -2.64. The molecule has 3 aromatic rings.